The summed E-state index contributed by atoms with van der Waals surface area (Å²) in [7, 11) is 0. The molecule has 3 atom stereocenters. The Morgan fingerprint density at radius 2 is 1.64 bits per heavy atom. The lowest BCUT2D eigenvalue weighted by Crippen LogP contribution is -2.57. The minimum Gasteiger partial charge on any atom is -0.391 e. The lowest BCUT2D eigenvalue weighted by atomic mass is 9.73. The molecule has 2 aliphatic rings. The van der Waals surface area contributed by atoms with Gasteiger partial charge < -0.3 is 37.4 Å². The molecule has 0 bridgehead atoms. The highest BCUT2D eigenvalue weighted by Crippen LogP contribution is 2.40. The minimum absolute atomic E-state index is 0.00120. The van der Waals surface area contributed by atoms with Gasteiger partial charge in [0.15, 0.2) is 11.5 Å². The zero-order chi connectivity index (χ0) is 52.9. The van der Waals surface area contributed by atoms with Crippen LogP contribution in [-0.4, -0.2) is 89.4 Å². The molecule has 17 heteroatoms. The van der Waals surface area contributed by atoms with Crippen molar-refractivity contribution in [3.63, 3.8) is 0 Å². The smallest absolute Gasteiger partial charge is 0.246 e. The van der Waals surface area contributed by atoms with E-state index in [1.807, 2.05) is 105 Å². The fraction of sp³-hybridized carbons (Fsp3) is 0.379. The van der Waals surface area contributed by atoms with Gasteiger partial charge in [0.1, 0.15) is 23.4 Å². The van der Waals surface area contributed by atoms with Crippen molar-refractivity contribution >= 4 is 51.9 Å². The first-order chi connectivity index (χ1) is 36.0. The minimum atomic E-state index is -0.908. The number of pyridine rings is 2. The quantitative estimate of drug-likeness (QED) is 0.0426. The Morgan fingerprint density at radius 1 is 0.853 bits per heavy atom. The monoisotopic (exact) mass is 1030 g/mol. The first-order valence-electron chi connectivity index (χ1n) is 26.0. The number of aliphatic hydroxyl groups excluding tert-OH is 1. The number of nitrogen functional groups attached to an aromatic ring is 1. The highest BCUT2D eigenvalue weighted by Gasteiger charge is 2.44. The van der Waals surface area contributed by atoms with Gasteiger partial charge in [-0.2, -0.15) is 0 Å². The SMILES string of the molecule is Cc1ncsc1-c1ccc(CNC(=O)[C@@H]2C[C@@H](O)CN2C(=O)C(NC(=O)CCCCCNC(=O)CCc2cccc(-c3ccc4nc(-c5cccnc5N)n(-c5ccc(C6(N)CCC6)cc5)c4n3)c2)C(C)(C)C)cc1. The zero-order valence-electron chi connectivity index (χ0n) is 43.1. The van der Waals surface area contributed by atoms with Crippen LogP contribution < -0.4 is 27.4 Å². The Balaban J connectivity index is 0.738. The van der Waals surface area contributed by atoms with E-state index in [4.69, 9.17) is 21.4 Å². The predicted molar refractivity (Wildman–Crippen MR) is 293 cm³/mol. The van der Waals surface area contributed by atoms with E-state index in [-0.39, 0.29) is 49.2 Å². The van der Waals surface area contributed by atoms with Crippen LogP contribution in [0.1, 0.15) is 101 Å². The molecule has 390 valence electrons. The number of nitrogens with two attached hydrogens (primary N) is 2. The lowest BCUT2D eigenvalue weighted by Gasteiger charge is -2.38. The average molecular weight is 1030 g/mol. The Bertz CT molecular complexity index is 3180. The number of nitrogens with zero attached hydrogens (tertiary/aromatic N) is 6. The van der Waals surface area contributed by atoms with E-state index >= 15 is 0 Å². The summed E-state index contributed by atoms with van der Waals surface area (Å²) in [5.41, 5.74) is 23.6. The summed E-state index contributed by atoms with van der Waals surface area (Å²) in [5.74, 6) is -0.0795. The van der Waals surface area contributed by atoms with Crippen molar-refractivity contribution in [3.05, 3.63) is 131 Å². The average Bonchev–Trinajstić information content (AvgIpc) is 4.13. The highest BCUT2D eigenvalue weighted by molar-refractivity contribution is 7.13. The van der Waals surface area contributed by atoms with Crippen molar-refractivity contribution in [2.75, 3.05) is 18.8 Å². The maximum Gasteiger partial charge on any atom is 0.246 e. The third-order valence-electron chi connectivity index (χ3n) is 14.5. The van der Waals surface area contributed by atoms with E-state index in [0.717, 1.165) is 69.0 Å². The largest absolute Gasteiger partial charge is 0.391 e. The van der Waals surface area contributed by atoms with E-state index in [0.29, 0.717) is 67.0 Å². The van der Waals surface area contributed by atoms with Gasteiger partial charge in [0.25, 0.3) is 0 Å². The zero-order valence-corrected chi connectivity index (χ0v) is 44.0. The van der Waals surface area contributed by atoms with Gasteiger partial charge >= 0.3 is 0 Å². The summed E-state index contributed by atoms with van der Waals surface area (Å²) in [6.07, 6.45) is 6.97. The second-order valence-electron chi connectivity index (χ2n) is 21.1. The van der Waals surface area contributed by atoms with Crippen molar-refractivity contribution < 1.29 is 24.3 Å². The number of hydrogen-bond donors (Lipinski definition) is 6. The maximum absolute atomic E-state index is 14.1. The maximum atomic E-state index is 14.1. The van der Waals surface area contributed by atoms with Crippen LogP contribution in [0.4, 0.5) is 5.82 Å². The van der Waals surface area contributed by atoms with Crippen LogP contribution >= 0.6 is 11.3 Å². The molecule has 5 heterocycles. The number of thiazole rings is 1. The normalized spacial score (nSPS) is 16.6. The van der Waals surface area contributed by atoms with Crippen LogP contribution in [-0.2, 0) is 37.7 Å². The molecule has 1 saturated carbocycles. The standard InChI is InChI=1S/C58H67N11O5S/c1-36-50(75-35-64-36)39-18-15-38(16-19-39)33-63-55(73)47-32-43(70)34-68(47)56(74)51(57(2,3)4)67-49(72)14-6-5-7-29-61-48(71)26-17-37-11-8-12-40(31-37)45-24-25-46-54(65-45)69(53(66-46)44-13-9-30-62-52(44)59)42-22-20-41(21-23-42)58(60)27-10-28-58/h8-9,11-13,15-16,18-25,30-31,35,43,47,51,70H,5-7,10,14,17,26-29,32-34,60H2,1-4H3,(H2,59,62)(H,61,71)(H,63,73)(H,67,72)/t43-,47+,51?/m1/s1. The Morgan fingerprint density at radius 3 is 2.35 bits per heavy atom. The Kier molecular flexibility index (Phi) is 15.9. The Hall–Kier alpha value is -7.34. The molecule has 3 aromatic carbocycles. The predicted octanol–water partition coefficient (Wildman–Crippen LogP) is 7.92. The molecule has 4 amide bonds. The van der Waals surface area contributed by atoms with E-state index in [2.05, 4.69) is 56.3 Å². The van der Waals surface area contributed by atoms with Gasteiger partial charge in [0.05, 0.1) is 33.4 Å². The molecule has 0 radical (unpaired) electrons. The summed E-state index contributed by atoms with van der Waals surface area (Å²) < 4.78 is 2.02. The molecule has 1 unspecified atom stereocenters. The van der Waals surface area contributed by atoms with E-state index < -0.39 is 29.5 Å². The molecule has 7 aromatic rings. The number of carbonyl (C=O) groups excluding carboxylic acids is 4. The number of aliphatic hydroxyl groups is 1. The number of anilines is 1. The molecule has 8 N–H and O–H groups in total. The van der Waals surface area contributed by atoms with Crippen LogP contribution in [0, 0.1) is 12.3 Å². The van der Waals surface area contributed by atoms with Gasteiger partial charge in [0.2, 0.25) is 23.6 Å². The number of unbranched alkanes of at least 4 members (excludes halogenated alkanes) is 2. The van der Waals surface area contributed by atoms with Gasteiger partial charge in [0, 0.05) is 61.9 Å². The number of carbonyl (C=O) groups is 4. The van der Waals surface area contributed by atoms with E-state index in [9.17, 15) is 24.3 Å². The summed E-state index contributed by atoms with van der Waals surface area (Å²) in [6.45, 7) is 8.31. The summed E-state index contributed by atoms with van der Waals surface area (Å²) in [6, 6.07) is 30.2. The summed E-state index contributed by atoms with van der Waals surface area (Å²) in [5, 5.41) is 19.5. The molecular formula is C58H67N11O5S. The number of likely N-dealkylation sites (tertiary alicyclic amines) is 1. The van der Waals surface area contributed by atoms with Gasteiger partial charge in [-0.25, -0.2) is 19.9 Å². The fourth-order valence-corrected chi connectivity index (χ4v) is 10.8. The molecule has 2 fully saturated rings. The Labute approximate surface area is 441 Å². The summed E-state index contributed by atoms with van der Waals surface area (Å²) in [4.78, 5) is 75.2. The third kappa shape index (κ3) is 12.1. The van der Waals surface area contributed by atoms with Gasteiger partial charge in [-0.05, 0) is 116 Å². The number of imidazole rings is 1. The third-order valence-corrected chi connectivity index (χ3v) is 15.5. The van der Waals surface area contributed by atoms with E-state index in [1.54, 1.807) is 17.5 Å². The number of β-amino-alcohol motifs (C(OH)–C–C–N with tert-alkyl or cyclic N) is 1. The van der Waals surface area contributed by atoms with Crippen molar-refractivity contribution in [2.45, 2.75) is 122 Å². The van der Waals surface area contributed by atoms with Crippen molar-refractivity contribution in [1.82, 2.24) is 45.4 Å². The first-order valence-corrected chi connectivity index (χ1v) is 26.8. The molecule has 4 aromatic heterocycles. The van der Waals surface area contributed by atoms with Crippen molar-refractivity contribution in [2.24, 2.45) is 11.1 Å². The second-order valence-corrected chi connectivity index (χ2v) is 22.0. The number of aromatic nitrogens is 5. The van der Waals surface area contributed by atoms with Crippen LogP contribution in [0.2, 0.25) is 0 Å². The first kappa shape index (κ1) is 52.5. The number of aryl methyl sites for hydroxylation is 2. The second kappa shape index (κ2) is 22.6. The lowest BCUT2D eigenvalue weighted by molar-refractivity contribution is -0.144. The van der Waals surface area contributed by atoms with Crippen molar-refractivity contribution in [1.29, 1.82) is 0 Å². The number of fused-ring (bicyclic) bond motifs is 1. The van der Waals surface area contributed by atoms with E-state index in [1.165, 1.54) is 4.90 Å². The number of amides is 4. The highest BCUT2D eigenvalue weighted by atomic mass is 32.1. The van der Waals surface area contributed by atoms with Crippen LogP contribution in [0.25, 0.3) is 49.9 Å². The molecule has 16 nitrogen and oxygen atoms in total. The number of benzene rings is 3. The molecule has 1 saturated heterocycles. The number of hydrogen-bond acceptors (Lipinski definition) is 12. The molecule has 0 spiro atoms. The van der Waals surface area contributed by atoms with Gasteiger partial charge in [-0.1, -0.05) is 81.8 Å². The summed E-state index contributed by atoms with van der Waals surface area (Å²) >= 11 is 1.58. The van der Waals surface area contributed by atoms with Crippen LogP contribution in [0.5, 0.6) is 0 Å². The van der Waals surface area contributed by atoms with Crippen LogP contribution in [0.15, 0.2) is 109 Å². The van der Waals surface area contributed by atoms with Crippen LogP contribution in [0.3, 0.4) is 0 Å². The van der Waals surface area contributed by atoms with Gasteiger partial charge in [-0.15, -0.1) is 11.3 Å². The van der Waals surface area contributed by atoms with Crippen molar-refractivity contribution in [3.8, 4) is 38.8 Å². The molecule has 1 aliphatic carbocycles. The number of nitrogens with one attached hydrogen (secondary N) is 3. The fourth-order valence-electron chi connectivity index (χ4n) is 10.00. The van der Waals surface area contributed by atoms with Gasteiger partial charge in [-0.3, -0.25) is 23.7 Å². The molecule has 1 aliphatic heterocycles. The number of rotatable bonds is 19. The molecular weight excluding hydrogens is 963 g/mol. The molecule has 9 rings (SSSR count). The topological polar surface area (TPSA) is 236 Å². The molecule has 75 heavy (non-hydrogen) atoms.